The molecular weight excluding hydrogens is 401 g/mol. The molecule has 0 atom stereocenters. The number of hydrogen-bond donors (Lipinski definition) is 0. The minimum Gasteiger partial charge on any atom is -0.294 e. The molecule has 1 aliphatic heterocycles. The molecule has 3 aromatic carbocycles. The summed E-state index contributed by atoms with van der Waals surface area (Å²) >= 11 is 12.5. The second-order valence-electron chi connectivity index (χ2n) is 7.45. The number of rotatable bonds is 3. The number of hydrazone groups is 1. The van der Waals surface area contributed by atoms with E-state index in [0.29, 0.717) is 16.1 Å². The number of benzene rings is 3. The van der Waals surface area contributed by atoms with Gasteiger partial charge in [0, 0.05) is 31.7 Å². The Morgan fingerprint density at radius 1 is 0.724 bits per heavy atom. The van der Waals surface area contributed by atoms with Crippen LogP contribution in [0.5, 0.6) is 0 Å². The summed E-state index contributed by atoms with van der Waals surface area (Å²) in [5.74, 6) is 0. The summed E-state index contributed by atoms with van der Waals surface area (Å²) in [6, 6.07) is 23.4. The van der Waals surface area contributed by atoms with Crippen molar-refractivity contribution in [3.8, 4) is 11.1 Å². The molecule has 0 bridgehead atoms. The van der Waals surface area contributed by atoms with E-state index in [1.165, 1.54) is 22.3 Å². The van der Waals surface area contributed by atoms with Gasteiger partial charge in [0.15, 0.2) is 0 Å². The van der Waals surface area contributed by atoms with Crippen molar-refractivity contribution in [2.24, 2.45) is 5.10 Å². The summed E-state index contributed by atoms with van der Waals surface area (Å²) in [6.07, 6.45) is 1.78. The van der Waals surface area contributed by atoms with Crippen LogP contribution in [0.25, 0.3) is 11.1 Å². The number of nitrogens with zero attached hydrogens (tertiary/aromatic N) is 3. The molecule has 0 spiro atoms. The van der Waals surface area contributed by atoms with Gasteiger partial charge < -0.3 is 0 Å². The van der Waals surface area contributed by atoms with E-state index in [0.717, 1.165) is 31.7 Å². The molecule has 0 radical (unpaired) electrons. The molecule has 5 rings (SSSR count). The topological polar surface area (TPSA) is 18.8 Å². The van der Waals surface area contributed by atoms with Crippen LogP contribution in [0.4, 0.5) is 0 Å². The van der Waals surface area contributed by atoms with Crippen molar-refractivity contribution in [1.82, 2.24) is 9.91 Å². The smallest absolute Gasteiger partial charge is 0.0615 e. The van der Waals surface area contributed by atoms with Crippen LogP contribution in [-0.2, 0) is 0 Å². The molecule has 1 aliphatic carbocycles. The van der Waals surface area contributed by atoms with Crippen molar-refractivity contribution in [2.45, 2.75) is 6.04 Å². The fourth-order valence-corrected chi connectivity index (χ4v) is 4.88. The number of halogens is 2. The molecule has 0 N–H and O–H groups in total. The highest BCUT2D eigenvalue weighted by Gasteiger charge is 2.33. The second kappa shape index (κ2) is 7.83. The van der Waals surface area contributed by atoms with E-state index in [2.05, 4.69) is 63.5 Å². The molecule has 1 heterocycles. The van der Waals surface area contributed by atoms with Crippen LogP contribution in [0.15, 0.2) is 71.8 Å². The predicted molar refractivity (Wildman–Crippen MR) is 121 cm³/mol. The first-order chi connectivity index (χ1) is 14.2. The van der Waals surface area contributed by atoms with Gasteiger partial charge in [-0.2, -0.15) is 5.10 Å². The van der Waals surface area contributed by atoms with Crippen LogP contribution in [0, 0.1) is 0 Å². The second-order valence-corrected chi connectivity index (χ2v) is 8.26. The Labute approximate surface area is 181 Å². The zero-order chi connectivity index (χ0) is 19.8. The van der Waals surface area contributed by atoms with Gasteiger partial charge in [-0.15, -0.1) is 0 Å². The van der Waals surface area contributed by atoms with Crippen molar-refractivity contribution in [3.05, 3.63) is 93.5 Å². The summed E-state index contributed by atoms with van der Waals surface area (Å²) < 4.78 is 0. The molecule has 146 valence electrons. The van der Waals surface area contributed by atoms with Gasteiger partial charge in [-0.3, -0.25) is 9.91 Å². The lowest BCUT2D eigenvalue weighted by molar-refractivity contribution is 0.114. The van der Waals surface area contributed by atoms with E-state index in [9.17, 15) is 0 Å². The lowest BCUT2D eigenvalue weighted by Gasteiger charge is -2.37. The van der Waals surface area contributed by atoms with Crippen LogP contribution in [-0.4, -0.2) is 42.3 Å². The maximum Gasteiger partial charge on any atom is 0.0615 e. The van der Waals surface area contributed by atoms with Crippen molar-refractivity contribution < 1.29 is 0 Å². The van der Waals surface area contributed by atoms with Gasteiger partial charge in [0.25, 0.3) is 0 Å². The summed E-state index contributed by atoms with van der Waals surface area (Å²) in [7, 11) is 0. The minimum absolute atomic E-state index is 0.326. The fraction of sp³-hybridized carbons (Fsp3) is 0.208. The first-order valence-corrected chi connectivity index (χ1v) is 10.6. The van der Waals surface area contributed by atoms with Gasteiger partial charge >= 0.3 is 0 Å². The highest BCUT2D eigenvalue weighted by Crippen LogP contribution is 2.46. The Hall–Kier alpha value is -2.33. The average Bonchev–Trinajstić information content (AvgIpc) is 3.08. The SMILES string of the molecule is Clc1cccc(Cl)c1/C=N\N1CCN(C2c3ccccc3-c3ccccc32)CC1. The Balaban J connectivity index is 1.33. The van der Waals surface area contributed by atoms with Crippen LogP contribution >= 0.6 is 23.2 Å². The molecule has 3 nitrogen and oxygen atoms in total. The fourth-order valence-electron chi connectivity index (χ4n) is 4.38. The molecule has 29 heavy (non-hydrogen) atoms. The Morgan fingerprint density at radius 2 is 1.28 bits per heavy atom. The third kappa shape index (κ3) is 3.44. The zero-order valence-electron chi connectivity index (χ0n) is 15.9. The first-order valence-electron chi connectivity index (χ1n) is 9.87. The first kappa shape index (κ1) is 18.7. The quantitative estimate of drug-likeness (QED) is 0.503. The molecule has 0 saturated carbocycles. The summed E-state index contributed by atoms with van der Waals surface area (Å²) in [5.41, 5.74) is 6.32. The lowest BCUT2D eigenvalue weighted by atomic mass is 10.0. The van der Waals surface area contributed by atoms with Crippen molar-refractivity contribution in [2.75, 3.05) is 26.2 Å². The van der Waals surface area contributed by atoms with E-state index in [4.69, 9.17) is 23.2 Å². The lowest BCUT2D eigenvalue weighted by Crippen LogP contribution is -2.45. The highest BCUT2D eigenvalue weighted by molar-refractivity contribution is 6.38. The Kier molecular flexibility index (Phi) is 5.04. The van der Waals surface area contributed by atoms with Crippen LogP contribution in [0.2, 0.25) is 10.0 Å². The normalized spacial score (nSPS) is 17.0. The van der Waals surface area contributed by atoms with E-state index in [1.807, 2.05) is 18.2 Å². The highest BCUT2D eigenvalue weighted by atomic mass is 35.5. The number of hydrogen-bond acceptors (Lipinski definition) is 3. The van der Waals surface area contributed by atoms with E-state index in [1.54, 1.807) is 6.21 Å². The minimum atomic E-state index is 0.326. The summed E-state index contributed by atoms with van der Waals surface area (Å²) in [4.78, 5) is 2.57. The van der Waals surface area contributed by atoms with E-state index in [-0.39, 0.29) is 0 Å². The Bertz CT molecular complexity index is 1010. The van der Waals surface area contributed by atoms with Gasteiger partial charge in [-0.25, -0.2) is 0 Å². The number of piperazine rings is 1. The maximum atomic E-state index is 6.25. The molecule has 0 unspecified atom stereocenters. The Morgan fingerprint density at radius 3 is 1.86 bits per heavy atom. The third-order valence-electron chi connectivity index (χ3n) is 5.81. The molecule has 5 heteroatoms. The van der Waals surface area contributed by atoms with Gasteiger partial charge in [-0.05, 0) is 34.4 Å². The molecule has 0 amide bonds. The van der Waals surface area contributed by atoms with Crippen LogP contribution in [0.3, 0.4) is 0 Å². The van der Waals surface area contributed by atoms with Gasteiger partial charge in [0.05, 0.1) is 22.3 Å². The number of fused-ring (bicyclic) bond motifs is 3. The predicted octanol–water partition coefficient (Wildman–Crippen LogP) is 5.71. The summed E-state index contributed by atoms with van der Waals surface area (Å²) in [5, 5.41) is 7.99. The van der Waals surface area contributed by atoms with Gasteiger partial charge in [-0.1, -0.05) is 77.8 Å². The molecule has 3 aromatic rings. The average molecular weight is 422 g/mol. The molecule has 2 aliphatic rings. The largest absolute Gasteiger partial charge is 0.294 e. The van der Waals surface area contributed by atoms with Gasteiger partial charge in [0.2, 0.25) is 0 Å². The molecule has 1 fully saturated rings. The third-order valence-corrected chi connectivity index (χ3v) is 6.47. The van der Waals surface area contributed by atoms with Crippen molar-refractivity contribution in [1.29, 1.82) is 0 Å². The summed E-state index contributed by atoms with van der Waals surface area (Å²) in [6.45, 7) is 3.67. The van der Waals surface area contributed by atoms with Crippen LogP contribution in [0.1, 0.15) is 22.7 Å². The van der Waals surface area contributed by atoms with Crippen LogP contribution < -0.4 is 0 Å². The standard InChI is InChI=1S/C24H21Cl2N3/c25-22-10-5-11-23(26)21(22)16-27-29-14-12-28(13-15-29)24-19-8-3-1-6-17(19)18-7-2-4-9-20(18)24/h1-11,16,24H,12-15H2/b27-16-. The van der Waals surface area contributed by atoms with Crippen molar-refractivity contribution in [3.63, 3.8) is 0 Å². The molecule has 1 saturated heterocycles. The van der Waals surface area contributed by atoms with E-state index >= 15 is 0 Å². The monoisotopic (exact) mass is 421 g/mol. The van der Waals surface area contributed by atoms with E-state index < -0.39 is 0 Å². The maximum absolute atomic E-state index is 6.25. The van der Waals surface area contributed by atoms with Gasteiger partial charge in [0.1, 0.15) is 0 Å². The zero-order valence-corrected chi connectivity index (χ0v) is 17.4. The van der Waals surface area contributed by atoms with Crippen molar-refractivity contribution >= 4 is 29.4 Å². The molecular formula is C24H21Cl2N3. The molecule has 0 aromatic heterocycles.